The van der Waals surface area contributed by atoms with E-state index in [0.29, 0.717) is 0 Å². The molecule has 0 spiro atoms. The van der Waals surface area contributed by atoms with Crippen molar-refractivity contribution in [3.05, 3.63) is 0 Å². The Labute approximate surface area is 97.4 Å². The van der Waals surface area contributed by atoms with Crippen molar-refractivity contribution in [3.8, 4) is 0 Å². The molecule has 0 aromatic rings. The molecule has 0 bridgehead atoms. The Morgan fingerprint density at radius 1 is 1.50 bits per heavy atom. The van der Waals surface area contributed by atoms with E-state index in [2.05, 4.69) is 5.32 Å². The minimum absolute atomic E-state index is 0.0835. The first kappa shape index (κ1) is 13.5. The lowest BCUT2D eigenvalue weighted by atomic mass is 9.77. The Kier molecular flexibility index (Phi) is 3.97. The first-order chi connectivity index (χ1) is 7.28. The molecule has 0 saturated heterocycles. The highest BCUT2D eigenvalue weighted by molar-refractivity contribution is 5.75. The van der Waals surface area contributed by atoms with Crippen LogP contribution in [-0.2, 0) is 9.53 Å². The van der Waals surface area contributed by atoms with E-state index in [-0.39, 0.29) is 24.2 Å². The van der Waals surface area contributed by atoms with Gasteiger partial charge in [0.25, 0.3) is 0 Å². The summed E-state index contributed by atoms with van der Waals surface area (Å²) in [4.78, 5) is 11.7. The fourth-order valence-corrected chi connectivity index (χ4v) is 1.86. The molecule has 0 amide bonds. The molecule has 94 valence electrons. The molecule has 0 heterocycles. The molecule has 16 heavy (non-hydrogen) atoms. The van der Waals surface area contributed by atoms with Gasteiger partial charge in [0.15, 0.2) is 0 Å². The van der Waals surface area contributed by atoms with Gasteiger partial charge in [-0.3, -0.25) is 10.1 Å². The van der Waals surface area contributed by atoms with Crippen LogP contribution in [0.2, 0.25) is 0 Å². The van der Waals surface area contributed by atoms with Crippen LogP contribution in [-0.4, -0.2) is 34.9 Å². The quantitative estimate of drug-likeness (QED) is 0.712. The molecule has 1 fully saturated rings. The molecule has 0 aliphatic heterocycles. The van der Waals surface area contributed by atoms with Crippen molar-refractivity contribution in [1.29, 1.82) is 0 Å². The van der Waals surface area contributed by atoms with E-state index in [9.17, 15) is 9.90 Å². The summed E-state index contributed by atoms with van der Waals surface area (Å²) in [6, 6.07) is -0.369. The largest absolute Gasteiger partial charge is 0.459 e. The lowest BCUT2D eigenvalue weighted by molar-refractivity contribution is -0.158. The van der Waals surface area contributed by atoms with Crippen molar-refractivity contribution in [2.45, 2.75) is 64.1 Å². The summed E-state index contributed by atoms with van der Waals surface area (Å²) in [5.41, 5.74) is -0.713. The van der Waals surface area contributed by atoms with E-state index in [1.54, 1.807) is 6.92 Å². The average molecular weight is 229 g/mol. The van der Waals surface area contributed by atoms with E-state index >= 15 is 0 Å². The van der Waals surface area contributed by atoms with Gasteiger partial charge in [-0.05, 0) is 47.0 Å². The highest BCUT2D eigenvalue weighted by atomic mass is 16.6. The minimum Gasteiger partial charge on any atom is -0.459 e. The molecule has 2 N–H and O–H groups in total. The predicted molar refractivity (Wildman–Crippen MR) is 62.1 cm³/mol. The second kappa shape index (κ2) is 4.72. The maximum absolute atomic E-state index is 11.7. The SMILES string of the molecule is CC(NC1(CO)CCC1)C(=O)OC(C)(C)C. The molecular weight excluding hydrogens is 206 g/mol. The number of nitrogens with one attached hydrogen (secondary N) is 1. The molecule has 1 aliphatic rings. The third-order valence-corrected chi connectivity index (χ3v) is 2.90. The first-order valence-electron chi connectivity index (χ1n) is 5.89. The van der Waals surface area contributed by atoms with E-state index in [1.165, 1.54) is 0 Å². The summed E-state index contributed by atoms with van der Waals surface area (Å²) in [5, 5.41) is 12.5. The average Bonchev–Trinajstić information content (AvgIpc) is 2.08. The van der Waals surface area contributed by atoms with Crippen molar-refractivity contribution in [3.63, 3.8) is 0 Å². The number of aliphatic hydroxyl groups is 1. The number of hydrogen-bond acceptors (Lipinski definition) is 4. The standard InChI is InChI=1S/C12H23NO3/c1-9(10(15)16-11(2,3)4)13-12(8-14)6-5-7-12/h9,13-14H,5-8H2,1-4H3. The Balaban J connectivity index is 2.45. The van der Waals surface area contributed by atoms with Gasteiger partial charge in [0, 0.05) is 5.54 Å². The van der Waals surface area contributed by atoms with Crippen molar-refractivity contribution < 1.29 is 14.6 Å². The number of carbonyl (C=O) groups excluding carboxylic acids is 1. The Morgan fingerprint density at radius 3 is 2.38 bits per heavy atom. The predicted octanol–water partition coefficient (Wildman–Crippen LogP) is 1.22. The minimum atomic E-state index is -0.459. The van der Waals surface area contributed by atoms with Crippen LogP contribution in [0.4, 0.5) is 0 Å². The van der Waals surface area contributed by atoms with Gasteiger partial charge in [0.05, 0.1) is 6.61 Å². The van der Waals surface area contributed by atoms with Gasteiger partial charge < -0.3 is 9.84 Å². The van der Waals surface area contributed by atoms with Gasteiger partial charge >= 0.3 is 5.97 Å². The van der Waals surface area contributed by atoms with Crippen molar-refractivity contribution >= 4 is 5.97 Å². The maximum atomic E-state index is 11.7. The number of aliphatic hydroxyl groups excluding tert-OH is 1. The van der Waals surface area contributed by atoms with Crippen molar-refractivity contribution in [2.75, 3.05) is 6.61 Å². The summed E-state index contributed by atoms with van der Waals surface area (Å²) in [7, 11) is 0. The Bertz CT molecular complexity index is 248. The first-order valence-corrected chi connectivity index (χ1v) is 5.89. The number of rotatable bonds is 4. The topological polar surface area (TPSA) is 58.6 Å². The van der Waals surface area contributed by atoms with Crippen LogP contribution in [0.25, 0.3) is 0 Å². The van der Waals surface area contributed by atoms with Crippen LogP contribution in [0.1, 0.15) is 47.0 Å². The molecular formula is C12H23NO3. The van der Waals surface area contributed by atoms with Crippen molar-refractivity contribution in [2.24, 2.45) is 0 Å². The van der Waals surface area contributed by atoms with Gasteiger partial charge in [0.1, 0.15) is 11.6 Å². The molecule has 1 rings (SSSR count). The van der Waals surface area contributed by atoms with Crippen LogP contribution in [0.15, 0.2) is 0 Å². The lowest BCUT2D eigenvalue weighted by Gasteiger charge is -2.43. The summed E-state index contributed by atoms with van der Waals surface area (Å²) >= 11 is 0. The van der Waals surface area contributed by atoms with Crippen LogP contribution >= 0.6 is 0 Å². The second-order valence-corrected chi connectivity index (χ2v) is 5.69. The number of hydrogen-bond donors (Lipinski definition) is 2. The van der Waals surface area contributed by atoms with Crippen LogP contribution in [0.5, 0.6) is 0 Å². The van der Waals surface area contributed by atoms with Crippen LogP contribution in [0, 0.1) is 0 Å². The van der Waals surface area contributed by atoms with Gasteiger partial charge in [-0.2, -0.15) is 0 Å². The van der Waals surface area contributed by atoms with Gasteiger partial charge in [-0.15, -0.1) is 0 Å². The summed E-state index contributed by atoms with van der Waals surface area (Å²) in [6.07, 6.45) is 2.96. The molecule has 1 atom stereocenters. The normalized spacial score (nSPS) is 21.1. The summed E-state index contributed by atoms with van der Waals surface area (Å²) in [5.74, 6) is -0.257. The van der Waals surface area contributed by atoms with E-state index in [1.807, 2.05) is 20.8 Å². The smallest absolute Gasteiger partial charge is 0.323 e. The summed E-state index contributed by atoms with van der Waals surface area (Å²) in [6.45, 7) is 7.41. The van der Waals surface area contributed by atoms with Gasteiger partial charge in [-0.25, -0.2) is 0 Å². The van der Waals surface area contributed by atoms with Crippen molar-refractivity contribution in [1.82, 2.24) is 5.32 Å². The fraction of sp³-hybridized carbons (Fsp3) is 0.917. The molecule has 0 aromatic heterocycles. The summed E-state index contributed by atoms with van der Waals surface area (Å²) < 4.78 is 5.28. The van der Waals surface area contributed by atoms with Crippen LogP contribution < -0.4 is 5.32 Å². The van der Waals surface area contributed by atoms with E-state index in [4.69, 9.17) is 4.74 Å². The Morgan fingerprint density at radius 2 is 2.06 bits per heavy atom. The molecule has 0 aromatic carbocycles. The zero-order valence-corrected chi connectivity index (χ0v) is 10.7. The highest BCUT2D eigenvalue weighted by Crippen LogP contribution is 2.31. The van der Waals surface area contributed by atoms with E-state index < -0.39 is 5.60 Å². The van der Waals surface area contributed by atoms with Gasteiger partial charge in [0.2, 0.25) is 0 Å². The number of esters is 1. The molecule has 4 nitrogen and oxygen atoms in total. The maximum Gasteiger partial charge on any atom is 0.323 e. The number of carbonyl (C=O) groups is 1. The third kappa shape index (κ3) is 3.46. The Hall–Kier alpha value is -0.610. The fourth-order valence-electron chi connectivity index (χ4n) is 1.86. The zero-order chi connectivity index (χ0) is 12.4. The second-order valence-electron chi connectivity index (χ2n) is 5.69. The number of ether oxygens (including phenoxy) is 1. The highest BCUT2D eigenvalue weighted by Gasteiger charge is 2.39. The molecule has 4 heteroatoms. The molecule has 1 saturated carbocycles. The third-order valence-electron chi connectivity index (χ3n) is 2.90. The molecule has 0 radical (unpaired) electrons. The van der Waals surface area contributed by atoms with Gasteiger partial charge in [-0.1, -0.05) is 0 Å². The lowest BCUT2D eigenvalue weighted by Crippen LogP contribution is -2.59. The van der Waals surface area contributed by atoms with Crippen LogP contribution in [0.3, 0.4) is 0 Å². The molecule has 1 unspecified atom stereocenters. The monoisotopic (exact) mass is 229 g/mol. The zero-order valence-electron chi connectivity index (χ0n) is 10.7. The molecule has 1 aliphatic carbocycles. The van der Waals surface area contributed by atoms with E-state index in [0.717, 1.165) is 19.3 Å².